The molecule has 0 aliphatic heterocycles. The van der Waals surface area contributed by atoms with E-state index in [4.69, 9.17) is 21.8 Å². The predicted octanol–water partition coefficient (Wildman–Crippen LogP) is 0.0232. The van der Waals surface area contributed by atoms with Gasteiger partial charge in [-0.1, -0.05) is 13.2 Å². The molecule has 0 aromatic heterocycles. The first-order valence-corrected chi connectivity index (χ1v) is 5.48. The summed E-state index contributed by atoms with van der Waals surface area (Å²) >= 11 is 5.21. The molecule has 0 saturated carbocycles. The van der Waals surface area contributed by atoms with E-state index in [0.717, 1.165) is 12.2 Å². The fraction of sp³-hybridized carbons (Fsp3) is 0.455. The van der Waals surface area contributed by atoms with Gasteiger partial charge >= 0.3 is 11.9 Å². The zero-order chi connectivity index (χ0) is 14.4. The van der Waals surface area contributed by atoms with Crippen LogP contribution >= 0.6 is 11.6 Å². The molecule has 0 aromatic rings. The number of carbonyl (C=O) groups excluding carboxylic acids is 2. The van der Waals surface area contributed by atoms with Crippen LogP contribution in [-0.2, 0) is 19.1 Å². The highest BCUT2D eigenvalue weighted by atomic mass is 35.5. The Hall–Kier alpha value is -1.37. The van der Waals surface area contributed by atoms with Gasteiger partial charge in [0.25, 0.3) is 0 Å². The molecule has 6 nitrogen and oxygen atoms in total. The minimum Gasteiger partial charge on any atom is -0.460 e. The lowest BCUT2D eigenvalue weighted by atomic mass is 10.4. The topological polar surface area (TPSA) is 93.1 Å². The summed E-state index contributed by atoms with van der Waals surface area (Å²) in [6.07, 6.45) is 1.29. The summed E-state index contributed by atoms with van der Waals surface area (Å²) in [7, 11) is 0. The third-order valence-corrected chi connectivity index (χ3v) is 1.62. The van der Waals surface area contributed by atoms with Gasteiger partial charge in [-0.05, 0) is 0 Å². The zero-order valence-electron chi connectivity index (χ0n) is 9.88. The summed E-state index contributed by atoms with van der Waals surface area (Å²) < 4.78 is 8.79. The highest BCUT2D eigenvalue weighted by Crippen LogP contribution is 1.89. The van der Waals surface area contributed by atoms with Gasteiger partial charge in [0.05, 0.1) is 12.5 Å². The Kier molecular flexibility index (Phi) is 14.4. The van der Waals surface area contributed by atoms with Crippen LogP contribution in [0.25, 0.3) is 0 Å². The normalized spacial score (nSPS) is 10.4. The van der Waals surface area contributed by atoms with E-state index in [2.05, 4.69) is 22.6 Å². The number of rotatable bonds is 7. The minimum atomic E-state index is -0.787. The molecule has 0 rings (SSSR count). The molecule has 0 bridgehead atoms. The van der Waals surface area contributed by atoms with E-state index in [9.17, 15) is 9.59 Å². The highest BCUT2D eigenvalue weighted by Gasteiger charge is 2.03. The molecule has 0 aromatic carbocycles. The number of esters is 2. The Morgan fingerprint density at radius 2 is 1.72 bits per heavy atom. The molecule has 0 heterocycles. The molecule has 0 aliphatic carbocycles. The van der Waals surface area contributed by atoms with Crippen molar-refractivity contribution in [1.82, 2.24) is 0 Å². The Morgan fingerprint density at radius 1 is 1.22 bits per heavy atom. The molecular formula is C11H17ClO6. The summed E-state index contributed by atoms with van der Waals surface area (Å²) in [6, 6.07) is 0. The number of ether oxygens (including phenoxy) is 2. The molecule has 0 fully saturated rings. The van der Waals surface area contributed by atoms with Crippen LogP contribution in [0.2, 0.25) is 0 Å². The lowest BCUT2D eigenvalue weighted by molar-refractivity contribution is -0.140. The van der Waals surface area contributed by atoms with Gasteiger partial charge < -0.3 is 19.7 Å². The minimum absolute atomic E-state index is 0.0465. The number of aliphatic hydroxyl groups is 2. The van der Waals surface area contributed by atoms with Crippen LogP contribution in [0, 0.1) is 0 Å². The van der Waals surface area contributed by atoms with Crippen LogP contribution in [0.3, 0.4) is 0 Å². The summed E-state index contributed by atoms with van der Waals surface area (Å²) in [4.78, 5) is 20.5. The molecule has 7 heteroatoms. The van der Waals surface area contributed by atoms with E-state index in [1.807, 2.05) is 0 Å². The van der Waals surface area contributed by atoms with Gasteiger partial charge in [-0.15, -0.1) is 11.6 Å². The number of hydrogen-bond donors (Lipinski definition) is 2. The first-order valence-electron chi connectivity index (χ1n) is 4.95. The van der Waals surface area contributed by atoms with Gasteiger partial charge in [0, 0.05) is 12.2 Å². The second-order valence-corrected chi connectivity index (χ2v) is 3.05. The quantitative estimate of drug-likeness (QED) is 0.388. The smallest absolute Gasteiger partial charge is 0.330 e. The molecule has 0 amide bonds. The lowest BCUT2D eigenvalue weighted by Crippen LogP contribution is -2.18. The van der Waals surface area contributed by atoms with Gasteiger partial charge in [-0.25, -0.2) is 9.59 Å². The average molecular weight is 281 g/mol. The number of carbonyl (C=O) groups is 2. The Bertz CT molecular complexity index is 266. The summed E-state index contributed by atoms with van der Waals surface area (Å²) in [5, 5.41) is 16.9. The van der Waals surface area contributed by atoms with E-state index in [0.29, 0.717) is 0 Å². The van der Waals surface area contributed by atoms with Gasteiger partial charge in [0.15, 0.2) is 0 Å². The molecule has 0 aliphatic rings. The van der Waals surface area contributed by atoms with Crippen molar-refractivity contribution in [3.8, 4) is 0 Å². The second-order valence-electron chi connectivity index (χ2n) is 2.74. The standard InChI is InChI=1S/C6H9ClO3.C5H8O3/c1-2-6(9)10-4-5(8)3-7;1-2-5(7)8-4-3-6/h2,5,8H,1,3-4H2;2,6H,1,3-4H2. The number of hydrogen-bond acceptors (Lipinski definition) is 6. The summed E-state index contributed by atoms with van der Waals surface area (Å²) in [5.41, 5.74) is 0. The maximum Gasteiger partial charge on any atom is 0.330 e. The monoisotopic (exact) mass is 280 g/mol. The molecule has 104 valence electrons. The molecular weight excluding hydrogens is 264 g/mol. The number of alkyl halides is 1. The molecule has 2 N–H and O–H groups in total. The van der Waals surface area contributed by atoms with Gasteiger partial charge in [0.2, 0.25) is 0 Å². The first kappa shape index (κ1) is 19.0. The largest absolute Gasteiger partial charge is 0.460 e. The van der Waals surface area contributed by atoms with E-state index in [1.165, 1.54) is 0 Å². The first-order chi connectivity index (χ1) is 8.51. The molecule has 0 saturated heterocycles. The van der Waals surface area contributed by atoms with Crippen LogP contribution in [0.4, 0.5) is 0 Å². The van der Waals surface area contributed by atoms with Crippen molar-refractivity contribution >= 4 is 23.5 Å². The predicted molar refractivity (Wildman–Crippen MR) is 66.1 cm³/mol. The third kappa shape index (κ3) is 14.6. The van der Waals surface area contributed by atoms with Crippen LogP contribution < -0.4 is 0 Å². The van der Waals surface area contributed by atoms with Crippen LogP contribution in [0.5, 0.6) is 0 Å². The Morgan fingerprint density at radius 3 is 2.11 bits per heavy atom. The van der Waals surface area contributed by atoms with Crippen LogP contribution in [0.15, 0.2) is 25.3 Å². The van der Waals surface area contributed by atoms with E-state index < -0.39 is 18.0 Å². The maximum absolute atomic E-state index is 10.3. The van der Waals surface area contributed by atoms with Crippen molar-refractivity contribution in [1.29, 1.82) is 0 Å². The Balaban J connectivity index is 0. The van der Waals surface area contributed by atoms with Crippen molar-refractivity contribution in [2.24, 2.45) is 0 Å². The second kappa shape index (κ2) is 13.7. The van der Waals surface area contributed by atoms with E-state index in [-0.39, 0.29) is 25.7 Å². The summed E-state index contributed by atoms with van der Waals surface area (Å²) in [5.74, 6) is -0.993. The fourth-order valence-corrected chi connectivity index (χ4v) is 0.576. The van der Waals surface area contributed by atoms with E-state index >= 15 is 0 Å². The average Bonchev–Trinajstić information content (AvgIpc) is 2.41. The van der Waals surface area contributed by atoms with Crippen molar-refractivity contribution in [3.63, 3.8) is 0 Å². The van der Waals surface area contributed by atoms with Crippen LogP contribution in [-0.4, -0.2) is 54.0 Å². The van der Waals surface area contributed by atoms with Gasteiger partial charge in [-0.2, -0.15) is 0 Å². The molecule has 0 spiro atoms. The zero-order valence-corrected chi connectivity index (χ0v) is 10.6. The fourth-order valence-electron chi connectivity index (χ4n) is 0.487. The van der Waals surface area contributed by atoms with Crippen molar-refractivity contribution in [3.05, 3.63) is 25.3 Å². The molecule has 1 unspecified atom stereocenters. The molecule has 1 atom stereocenters. The summed E-state index contributed by atoms with van der Waals surface area (Å²) in [6.45, 7) is 6.16. The van der Waals surface area contributed by atoms with E-state index in [1.54, 1.807) is 0 Å². The SMILES string of the molecule is C=CC(=O)OCC(O)CCl.C=CC(=O)OCCO. The highest BCUT2D eigenvalue weighted by molar-refractivity contribution is 6.18. The van der Waals surface area contributed by atoms with Crippen LogP contribution in [0.1, 0.15) is 0 Å². The maximum atomic E-state index is 10.3. The lowest BCUT2D eigenvalue weighted by Gasteiger charge is -2.04. The van der Waals surface area contributed by atoms with Gasteiger partial charge in [0.1, 0.15) is 19.3 Å². The third-order valence-electron chi connectivity index (χ3n) is 1.27. The number of halogens is 1. The number of aliphatic hydroxyl groups excluding tert-OH is 2. The van der Waals surface area contributed by atoms with Gasteiger partial charge in [-0.3, -0.25) is 0 Å². The molecule has 18 heavy (non-hydrogen) atoms. The molecule has 0 radical (unpaired) electrons. The van der Waals surface area contributed by atoms with Crippen molar-refractivity contribution < 1.29 is 29.3 Å². The Labute approximate surface area is 110 Å². The van der Waals surface area contributed by atoms with Crippen molar-refractivity contribution in [2.75, 3.05) is 25.7 Å². The van der Waals surface area contributed by atoms with Crippen molar-refractivity contribution in [2.45, 2.75) is 6.10 Å².